The van der Waals surface area contributed by atoms with Crippen LogP contribution >= 0.6 is 15.8 Å². The van der Waals surface area contributed by atoms with Gasteiger partial charge in [-0.1, -0.05) is 169 Å². The molecule has 0 aliphatic heterocycles. The van der Waals surface area contributed by atoms with E-state index in [2.05, 4.69) is 237 Å². The molecule has 0 saturated heterocycles. The minimum absolute atomic E-state index is 0. The molecule has 0 amide bonds. The first-order chi connectivity index (χ1) is 28.8. The molecule has 6 aromatic rings. The van der Waals surface area contributed by atoms with Crippen molar-refractivity contribution < 1.29 is 117 Å². The zero-order valence-electron chi connectivity index (χ0n) is 35.6. The molecule has 0 spiro atoms. The molecule has 0 saturated carbocycles. The van der Waals surface area contributed by atoms with Crippen LogP contribution in [0.2, 0.25) is 0 Å². The van der Waals surface area contributed by atoms with Crippen molar-refractivity contribution in [3.63, 3.8) is 0 Å². The van der Waals surface area contributed by atoms with E-state index in [1.165, 1.54) is 57.5 Å². The van der Waals surface area contributed by atoms with Crippen molar-refractivity contribution in [1.82, 2.24) is 0 Å². The van der Waals surface area contributed by atoms with Gasteiger partial charge in [0.1, 0.15) is 0 Å². The molecule has 0 unspecified atom stereocenters. The molecule has 3 radical (unpaired) electrons. The first-order valence-electron chi connectivity index (χ1n) is 16.7. The number of hydrogen-bond donors (Lipinski definition) is 0. The van der Waals surface area contributed by atoms with Crippen LogP contribution in [0.4, 0.5) is 0 Å². The molecular weight excluding hydrogens is 1390 g/mol. The standard InChI is InChI=1S/2C17H14P.C6H14.8CO.Fe.3Os.2H/c2*1-3-9-15(10-4-1)18(17-13-7-8-14-17)16-11-5-2-6-12-16;1-3-5-6-4-2;8*1-2;;;;;;/h2*1-14H;3-6H2,1-2H3;;;;;;;;;;;;;;/q2*-1;;;;;;;;;;;3*+1;2*-1. The first kappa shape index (κ1) is 79.2. The number of unbranched alkanes of at least 4 members (excludes halogenated alkanes) is 3. The molecule has 6 aromatic carbocycles. The largest absolute Gasteiger partial charge is 1.00 e. The van der Waals surface area contributed by atoms with Crippen molar-refractivity contribution in [3.05, 3.63) is 223 Å². The van der Waals surface area contributed by atoms with Gasteiger partial charge in [-0.05, 0) is 29.1 Å². The van der Waals surface area contributed by atoms with Crippen LogP contribution in [-0.2, 0) is 114 Å². The van der Waals surface area contributed by atoms with Crippen molar-refractivity contribution in [1.29, 1.82) is 0 Å². The molecule has 0 aliphatic rings. The van der Waals surface area contributed by atoms with Crippen molar-refractivity contribution in [2.45, 2.75) is 39.5 Å². The molecule has 8 nitrogen and oxygen atoms in total. The van der Waals surface area contributed by atoms with Gasteiger partial charge >= 0.3 is 150 Å². The summed E-state index contributed by atoms with van der Waals surface area (Å²) in [5, 5.41) is 8.47. The normalized spacial score (nSPS) is 7.35. The van der Waals surface area contributed by atoms with Crippen molar-refractivity contribution in [2.75, 3.05) is 0 Å². The topological polar surface area (TPSA) is 159 Å². The Morgan fingerprint density at radius 1 is 0.419 bits per heavy atom. The van der Waals surface area contributed by atoms with E-state index in [1.54, 1.807) is 0 Å². The van der Waals surface area contributed by atoms with Gasteiger partial charge in [0, 0.05) is 17.1 Å². The van der Waals surface area contributed by atoms with Gasteiger partial charge in [0.05, 0.1) is 0 Å². The third kappa shape index (κ3) is 36.3. The monoisotopic (exact) mass is 1440 g/mol. The second-order valence-corrected chi connectivity index (χ2v) is 14.4. The summed E-state index contributed by atoms with van der Waals surface area (Å²) in [7, 11) is -0.818. The summed E-state index contributed by atoms with van der Waals surface area (Å²) in [4.78, 5) is 0. The molecule has 14 heteroatoms. The Balaban J connectivity index is -0.0000000639. The van der Waals surface area contributed by atoms with Gasteiger partial charge in [-0.3, -0.25) is 0 Å². The second kappa shape index (κ2) is 66.9. The SMILES string of the molecule is CCCCCC.[C-]#[O+].[C-]#[O+].[C-]#[O+].[C-]#[O+].[C-]#[O+].[C-]#[O+].[C-]#[O+].[C-]#[O+].[Fe].[H-].[H-].[Os+].[Os+].[Os+].c1ccc(P(c2ccccc2)[c-]2cccc2)cc1.c1ccc(P(c2ccccc2)c2ccc[cH-]2)cc1. The van der Waals surface area contributed by atoms with E-state index in [0.717, 1.165) is 0 Å². The summed E-state index contributed by atoms with van der Waals surface area (Å²) in [6.07, 6.45) is 5.54. The van der Waals surface area contributed by atoms with Crippen LogP contribution < -0.4 is 31.8 Å². The molecule has 0 aliphatic carbocycles. The van der Waals surface area contributed by atoms with Gasteiger partial charge in [0.15, 0.2) is 0 Å². The maximum absolute atomic E-state index is 7.50. The fraction of sp³-hybridized carbons (Fsp3) is 0.125. The van der Waals surface area contributed by atoms with E-state index < -0.39 is 15.8 Å². The predicted octanol–water partition coefficient (Wildman–Crippen LogP) is 8.83. The predicted molar refractivity (Wildman–Crippen MR) is 225 cm³/mol. The molecule has 0 bridgehead atoms. The summed E-state index contributed by atoms with van der Waals surface area (Å²) >= 11 is 0. The fourth-order valence-corrected chi connectivity index (χ4v) is 9.34. The Morgan fingerprint density at radius 2 is 0.694 bits per heavy atom. The minimum atomic E-state index is -0.409. The number of benzene rings is 4. The van der Waals surface area contributed by atoms with E-state index in [0.29, 0.717) is 0 Å². The average Bonchev–Trinajstić information content (AvgIpc) is 4.09. The maximum Gasteiger partial charge on any atom is 1.00 e. The first-order valence-corrected chi connectivity index (χ1v) is 19.4. The zero-order valence-corrected chi connectivity index (χ0v) is 44.1. The molecule has 327 valence electrons. The fourth-order valence-electron chi connectivity index (χ4n) is 4.73. The van der Waals surface area contributed by atoms with Gasteiger partial charge in [-0.2, -0.15) is 24.3 Å². The Kier molecular flexibility index (Phi) is 85.4. The molecule has 62 heavy (non-hydrogen) atoms. The van der Waals surface area contributed by atoms with Crippen LogP contribution in [-0.4, -0.2) is 0 Å². The molecule has 0 N–H and O–H groups in total. The second-order valence-electron chi connectivity index (χ2n) is 10.0. The number of hydrogen-bond acceptors (Lipinski definition) is 0. The number of rotatable bonds is 9. The Bertz CT molecular complexity index is 1630. The van der Waals surface area contributed by atoms with Crippen LogP contribution in [0.3, 0.4) is 0 Å². The summed E-state index contributed by atoms with van der Waals surface area (Å²) in [6.45, 7) is 40.5. The van der Waals surface area contributed by atoms with E-state index in [4.69, 9.17) is 37.2 Å². The summed E-state index contributed by atoms with van der Waals surface area (Å²) in [5.41, 5.74) is 0. The van der Waals surface area contributed by atoms with Crippen molar-refractivity contribution in [2.24, 2.45) is 0 Å². The molecule has 0 fully saturated rings. The smallest absolute Gasteiger partial charge is 1.00 e. The van der Waals surface area contributed by atoms with E-state index in [9.17, 15) is 0 Å². The summed E-state index contributed by atoms with van der Waals surface area (Å²) in [5.74, 6) is 0. The quantitative estimate of drug-likeness (QED) is 0.0446. The van der Waals surface area contributed by atoms with Crippen LogP contribution in [0.5, 0.6) is 0 Å². The average molecular weight is 1440 g/mol. The molecule has 0 atom stereocenters. The minimum Gasteiger partial charge on any atom is -1.00 e. The van der Waals surface area contributed by atoms with Gasteiger partial charge in [-0.25, -0.2) is 24.3 Å². The molecule has 6 rings (SSSR count). The molecular formula is C48H44FeO8Os3P2-. The van der Waals surface area contributed by atoms with Gasteiger partial charge in [0.25, 0.3) is 0 Å². The van der Waals surface area contributed by atoms with E-state index in [1.807, 2.05) is 0 Å². The Hall–Kier alpha value is -3.21. The van der Waals surface area contributed by atoms with Gasteiger partial charge < -0.3 is 2.85 Å². The molecule has 0 aromatic heterocycles. The maximum atomic E-state index is 7.50. The van der Waals surface area contributed by atoms with E-state index >= 15 is 0 Å². The summed E-state index contributed by atoms with van der Waals surface area (Å²) < 4.78 is 60.0. The molecule has 0 heterocycles. The van der Waals surface area contributed by atoms with Crippen LogP contribution in [0.25, 0.3) is 0 Å². The van der Waals surface area contributed by atoms with Gasteiger partial charge in [-0.15, -0.1) is 10.6 Å². The van der Waals surface area contributed by atoms with Crippen LogP contribution in [0.1, 0.15) is 42.4 Å². The van der Waals surface area contributed by atoms with Crippen molar-refractivity contribution >= 4 is 47.7 Å². The third-order valence-corrected chi connectivity index (χ3v) is 11.7. The zero-order chi connectivity index (χ0) is 45.2. The van der Waals surface area contributed by atoms with Gasteiger partial charge in [0.2, 0.25) is 0 Å². The Labute approximate surface area is 423 Å². The van der Waals surface area contributed by atoms with Crippen LogP contribution in [0.15, 0.2) is 170 Å². The van der Waals surface area contributed by atoms with Crippen molar-refractivity contribution in [3.8, 4) is 0 Å². The van der Waals surface area contributed by atoms with E-state index in [-0.39, 0.29) is 79.3 Å². The summed E-state index contributed by atoms with van der Waals surface area (Å²) in [6, 6.07) is 60.5. The third-order valence-electron chi connectivity index (χ3n) is 6.82. The Morgan fingerprint density at radius 3 is 0.935 bits per heavy atom. The van der Waals surface area contributed by atoms with Crippen LogP contribution in [0, 0.1) is 53.2 Å².